The number of nitrogens with zero attached hydrogens (tertiary/aromatic N) is 2. The summed E-state index contributed by atoms with van der Waals surface area (Å²) in [6.45, 7) is 4.99. The molecule has 9 heteroatoms. The van der Waals surface area contributed by atoms with Crippen molar-refractivity contribution in [3.63, 3.8) is 0 Å². The summed E-state index contributed by atoms with van der Waals surface area (Å²) in [7, 11) is 0. The number of anilines is 1. The lowest BCUT2D eigenvalue weighted by Gasteiger charge is -2.18. The smallest absolute Gasteiger partial charge is 0.351 e. The molecule has 1 aliphatic rings. The SMILES string of the molecule is CCC(C)C(=O)Nc1nc(=O)n([C@@H]2O[C@H](C)[C@@H](O)[C@H]2O)cc1F. The number of nitrogens with one attached hydrogen (secondary N) is 1. The van der Waals surface area contributed by atoms with Crippen LogP contribution in [-0.4, -0.2) is 44.0 Å². The second-order valence-electron chi connectivity index (χ2n) is 5.64. The van der Waals surface area contributed by atoms with Gasteiger partial charge in [0.05, 0.1) is 12.3 Å². The predicted octanol–water partition coefficient (Wildman–Crippen LogP) is 0.00610. The fourth-order valence-electron chi connectivity index (χ4n) is 2.20. The third-order valence-corrected chi connectivity index (χ3v) is 3.96. The number of aliphatic hydroxyl groups excluding tert-OH is 2. The van der Waals surface area contributed by atoms with Gasteiger partial charge in [-0.25, -0.2) is 9.18 Å². The van der Waals surface area contributed by atoms with Crippen molar-refractivity contribution in [2.24, 2.45) is 5.92 Å². The zero-order valence-electron chi connectivity index (χ0n) is 13.1. The van der Waals surface area contributed by atoms with Crippen LogP contribution in [0.25, 0.3) is 0 Å². The van der Waals surface area contributed by atoms with E-state index in [4.69, 9.17) is 4.74 Å². The molecule has 2 rings (SSSR count). The topological polar surface area (TPSA) is 114 Å². The van der Waals surface area contributed by atoms with Gasteiger partial charge in [-0.15, -0.1) is 0 Å². The molecule has 128 valence electrons. The molecular formula is C14H20FN3O5. The van der Waals surface area contributed by atoms with Crippen molar-refractivity contribution in [1.29, 1.82) is 0 Å². The number of aromatic nitrogens is 2. The molecule has 0 saturated carbocycles. The molecule has 1 fully saturated rings. The Hall–Kier alpha value is -1.84. The third kappa shape index (κ3) is 3.41. The van der Waals surface area contributed by atoms with Crippen molar-refractivity contribution in [2.75, 3.05) is 5.32 Å². The van der Waals surface area contributed by atoms with Gasteiger partial charge in [0.1, 0.15) is 12.2 Å². The Morgan fingerprint density at radius 2 is 2.17 bits per heavy atom. The molecule has 2 heterocycles. The highest BCUT2D eigenvalue weighted by Crippen LogP contribution is 2.28. The molecule has 0 aromatic carbocycles. The summed E-state index contributed by atoms with van der Waals surface area (Å²) >= 11 is 0. The molecule has 0 aliphatic carbocycles. The minimum Gasteiger partial charge on any atom is -0.388 e. The Morgan fingerprint density at radius 3 is 2.70 bits per heavy atom. The minimum absolute atomic E-state index is 0.352. The Morgan fingerprint density at radius 1 is 1.52 bits per heavy atom. The highest BCUT2D eigenvalue weighted by Gasteiger charge is 2.42. The van der Waals surface area contributed by atoms with E-state index in [1.165, 1.54) is 6.92 Å². The van der Waals surface area contributed by atoms with Crippen LogP contribution in [0.3, 0.4) is 0 Å². The predicted molar refractivity (Wildman–Crippen MR) is 78.1 cm³/mol. The van der Waals surface area contributed by atoms with E-state index >= 15 is 0 Å². The number of carbonyl (C=O) groups excluding carboxylic acids is 1. The summed E-state index contributed by atoms with van der Waals surface area (Å²) in [4.78, 5) is 27.3. The molecule has 1 aromatic heterocycles. The summed E-state index contributed by atoms with van der Waals surface area (Å²) in [6, 6.07) is 0. The third-order valence-electron chi connectivity index (χ3n) is 3.96. The first kappa shape index (κ1) is 17.5. The fraction of sp³-hybridized carbons (Fsp3) is 0.643. The molecule has 1 amide bonds. The standard InChI is InChI=1S/C14H20FN3O5/c1-4-6(2)12(21)16-11-8(15)5-18(14(22)17-11)13-10(20)9(19)7(3)23-13/h5-7,9-10,13,19-20H,4H2,1-3H3,(H,16,17,21,22)/t6?,7-,9-,10-,13-/m1/s1. The van der Waals surface area contributed by atoms with E-state index in [2.05, 4.69) is 10.3 Å². The lowest BCUT2D eigenvalue weighted by atomic mass is 10.1. The molecule has 8 nitrogen and oxygen atoms in total. The van der Waals surface area contributed by atoms with Gasteiger partial charge in [0.15, 0.2) is 17.9 Å². The van der Waals surface area contributed by atoms with E-state index in [-0.39, 0.29) is 5.92 Å². The summed E-state index contributed by atoms with van der Waals surface area (Å²) in [5.41, 5.74) is -0.906. The number of aliphatic hydroxyl groups is 2. The van der Waals surface area contributed by atoms with Gasteiger partial charge >= 0.3 is 5.69 Å². The number of hydrogen-bond acceptors (Lipinski definition) is 6. The van der Waals surface area contributed by atoms with E-state index in [1.54, 1.807) is 13.8 Å². The second-order valence-corrected chi connectivity index (χ2v) is 5.64. The Kier molecular flexibility index (Phi) is 5.12. The van der Waals surface area contributed by atoms with Gasteiger partial charge in [0.25, 0.3) is 0 Å². The van der Waals surface area contributed by atoms with Crippen LogP contribution in [0.2, 0.25) is 0 Å². The highest BCUT2D eigenvalue weighted by molar-refractivity contribution is 5.91. The first-order chi connectivity index (χ1) is 10.8. The van der Waals surface area contributed by atoms with Gasteiger partial charge in [0, 0.05) is 5.92 Å². The highest BCUT2D eigenvalue weighted by atomic mass is 19.1. The number of hydrogen-bond donors (Lipinski definition) is 3. The molecule has 1 aliphatic heterocycles. The molecule has 1 aromatic rings. The van der Waals surface area contributed by atoms with Gasteiger partial charge < -0.3 is 20.3 Å². The zero-order valence-corrected chi connectivity index (χ0v) is 13.1. The van der Waals surface area contributed by atoms with Crippen LogP contribution in [0.5, 0.6) is 0 Å². The molecule has 1 saturated heterocycles. The molecule has 1 unspecified atom stereocenters. The van der Waals surface area contributed by atoms with Gasteiger partial charge in [-0.1, -0.05) is 13.8 Å². The van der Waals surface area contributed by atoms with Crippen LogP contribution in [0.4, 0.5) is 10.2 Å². The maximum Gasteiger partial charge on any atom is 0.351 e. The van der Waals surface area contributed by atoms with Gasteiger partial charge in [-0.2, -0.15) is 4.98 Å². The second kappa shape index (κ2) is 6.73. The van der Waals surface area contributed by atoms with Crippen molar-refractivity contribution in [3.8, 4) is 0 Å². The normalized spacial score (nSPS) is 28.6. The number of amides is 1. The van der Waals surface area contributed by atoms with Crippen LogP contribution in [0.1, 0.15) is 33.4 Å². The molecule has 3 N–H and O–H groups in total. The number of ether oxygens (including phenoxy) is 1. The van der Waals surface area contributed by atoms with Gasteiger partial charge in [0.2, 0.25) is 5.91 Å². The lowest BCUT2D eigenvalue weighted by Crippen LogP contribution is -2.36. The Labute approximate surface area is 131 Å². The van der Waals surface area contributed by atoms with Crippen LogP contribution >= 0.6 is 0 Å². The largest absolute Gasteiger partial charge is 0.388 e. The van der Waals surface area contributed by atoms with E-state index in [1.807, 2.05) is 0 Å². The van der Waals surface area contributed by atoms with E-state index < -0.39 is 47.8 Å². The van der Waals surface area contributed by atoms with Crippen molar-refractivity contribution >= 4 is 11.7 Å². The van der Waals surface area contributed by atoms with E-state index in [0.717, 1.165) is 10.8 Å². The van der Waals surface area contributed by atoms with Crippen molar-refractivity contribution < 1.29 is 24.1 Å². The van der Waals surface area contributed by atoms with Crippen molar-refractivity contribution in [1.82, 2.24) is 9.55 Å². The van der Waals surface area contributed by atoms with Gasteiger partial charge in [-0.05, 0) is 13.3 Å². The minimum atomic E-state index is -1.38. The monoisotopic (exact) mass is 329 g/mol. The molecular weight excluding hydrogens is 309 g/mol. The maximum absolute atomic E-state index is 14.1. The zero-order chi connectivity index (χ0) is 17.3. The van der Waals surface area contributed by atoms with Gasteiger partial charge in [-0.3, -0.25) is 9.36 Å². The number of halogens is 1. The summed E-state index contributed by atoms with van der Waals surface area (Å²) in [5, 5.41) is 21.8. The van der Waals surface area contributed by atoms with E-state index in [0.29, 0.717) is 6.42 Å². The van der Waals surface area contributed by atoms with E-state index in [9.17, 15) is 24.2 Å². The van der Waals surface area contributed by atoms with Crippen LogP contribution in [0.15, 0.2) is 11.0 Å². The van der Waals surface area contributed by atoms with Crippen LogP contribution in [-0.2, 0) is 9.53 Å². The molecule has 0 bridgehead atoms. The number of rotatable bonds is 4. The Balaban J connectivity index is 2.28. The molecule has 0 radical (unpaired) electrons. The quantitative estimate of drug-likeness (QED) is 0.717. The van der Waals surface area contributed by atoms with Crippen LogP contribution in [0, 0.1) is 11.7 Å². The Bertz CT molecular complexity index is 650. The van der Waals surface area contributed by atoms with Crippen LogP contribution < -0.4 is 11.0 Å². The first-order valence-corrected chi connectivity index (χ1v) is 7.37. The average molecular weight is 329 g/mol. The van der Waals surface area contributed by atoms with Crippen molar-refractivity contribution in [3.05, 3.63) is 22.5 Å². The van der Waals surface area contributed by atoms with Crippen molar-refractivity contribution in [2.45, 2.75) is 51.7 Å². The molecule has 5 atom stereocenters. The summed E-state index contributed by atoms with van der Waals surface area (Å²) < 4.78 is 20.1. The average Bonchev–Trinajstić information content (AvgIpc) is 2.77. The molecule has 0 spiro atoms. The number of carbonyl (C=O) groups is 1. The summed E-state index contributed by atoms with van der Waals surface area (Å²) in [6.07, 6.45) is -3.18. The summed E-state index contributed by atoms with van der Waals surface area (Å²) in [5.74, 6) is -2.21. The first-order valence-electron chi connectivity index (χ1n) is 7.37. The maximum atomic E-state index is 14.1. The lowest BCUT2D eigenvalue weighted by molar-refractivity contribution is -0.119. The fourth-order valence-corrected chi connectivity index (χ4v) is 2.20. The molecule has 23 heavy (non-hydrogen) atoms.